The molecule has 0 unspecified atom stereocenters. The number of halogens is 1. The van der Waals surface area contributed by atoms with Gasteiger partial charge in [0, 0.05) is 44.3 Å². The van der Waals surface area contributed by atoms with E-state index in [1.54, 1.807) is 19.0 Å². The second-order valence-electron chi connectivity index (χ2n) is 5.52. The van der Waals surface area contributed by atoms with Gasteiger partial charge in [-0.3, -0.25) is 4.79 Å². The lowest BCUT2D eigenvalue weighted by Crippen LogP contribution is -2.39. The predicted molar refractivity (Wildman–Crippen MR) is 110 cm³/mol. The van der Waals surface area contributed by atoms with Crippen LogP contribution < -0.4 is 10.6 Å². The minimum absolute atomic E-state index is 0. The molecule has 0 aliphatic heterocycles. The number of aromatic nitrogens is 1. The van der Waals surface area contributed by atoms with Crippen LogP contribution in [0.15, 0.2) is 35.5 Å². The standard InChI is InChI=1S/C17H25N5O.HI/c1-4-18-17(21-12-16(23)22(2)3)19-10-9-13-11-20-15-8-6-5-7-14(13)15;/h5-8,11,20H,4,9-10,12H2,1-3H3,(H2,18,19,21);1H. The van der Waals surface area contributed by atoms with E-state index in [0.717, 1.165) is 25.0 Å². The summed E-state index contributed by atoms with van der Waals surface area (Å²) in [6.45, 7) is 3.67. The maximum absolute atomic E-state index is 11.6. The normalized spacial score (nSPS) is 11.0. The molecule has 0 fully saturated rings. The first kappa shape index (κ1) is 20.3. The van der Waals surface area contributed by atoms with Crippen molar-refractivity contribution in [3.05, 3.63) is 36.0 Å². The highest BCUT2D eigenvalue weighted by molar-refractivity contribution is 14.0. The number of benzene rings is 1. The molecule has 0 saturated heterocycles. The topological polar surface area (TPSA) is 72.5 Å². The van der Waals surface area contributed by atoms with Crippen LogP contribution in [0.2, 0.25) is 0 Å². The predicted octanol–water partition coefficient (Wildman–Crippen LogP) is 1.97. The Morgan fingerprint density at radius 1 is 1.25 bits per heavy atom. The summed E-state index contributed by atoms with van der Waals surface area (Å²) in [6, 6.07) is 8.27. The summed E-state index contributed by atoms with van der Waals surface area (Å²) in [5.74, 6) is 0.654. The van der Waals surface area contributed by atoms with Gasteiger partial charge in [0.1, 0.15) is 6.54 Å². The highest BCUT2D eigenvalue weighted by atomic mass is 127. The highest BCUT2D eigenvalue weighted by Crippen LogP contribution is 2.17. The molecule has 0 spiro atoms. The maximum atomic E-state index is 11.6. The molecule has 0 radical (unpaired) electrons. The van der Waals surface area contributed by atoms with Crippen LogP contribution in [-0.2, 0) is 11.2 Å². The van der Waals surface area contributed by atoms with Gasteiger partial charge in [0.05, 0.1) is 0 Å². The fraction of sp³-hybridized carbons (Fsp3) is 0.412. The first-order valence-corrected chi connectivity index (χ1v) is 7.89. The van der Waals surface area contributed by atoms with Crippen LogP contribution in [0.1, 0.15) is 12.5 Å². The first-order chi connectivity index (χ1) is 11.1. The van der Waals surface area contributed by atoms with Crippen molar-refractivity contribution < 1.29 is 4.79 Å². The fourth-order valence-electron chi connectivity index (χ4n) is 2.28. The van der Waals surface area contributed by atoms with Gasteiger partial charge in [0.25, 0.3) is 0 Å². The minimum Gasteiger partial charge on any atom is -0.361 e. The quantitative estimate of drug-likeness (QED) is 0.363. The molecule has 3 N–H and O–H groups in total. The zero-order chi connectivity index (χ0) is 16.7. The lowest BCUT2D eigenvalue weighted by atomic mass is 10.1. The van der Waals surface area contributed by atoms with Gasteiger partial charge in [0.2, 0.25) is 5.91 Å². The Kier molecular flexibility index (Phi) is 8.59. The second-order valence-corrected chi connectivity index (χ2v) is 5.52. The largest absolute Gasteiger partial charge is 0.361 e. The van der Waals surface area contributed by atoms with E-state index in [1.807, 2.05) is 25.3 Å². The number of nitrogens with zero attached hydrogens (tertiary/aromatic N) is 2. The van der Waals surface area contributed by atoms with E-state index in [4.69, 9.17) is 0 Å². The molecule has 0 aliphatic carbocycles. The smallest absolute Gasteiger partial charge is 0.243 e. The molecule has 7 heteroatoms. The van der Waals surface area contributed by atoms with Gasteiger partial charge < -0.3 is 20.5 Å². The molecule has 2 aromatic rings. The Hall–Kier alpha value is -1.77. The second kappa shape index (κ2) is 10.2. The van der Waals surface area contributed by atoms with Crippen molar-refractivity contribution in [3.8, 4) is 0 Å². The molecule has 1 amide bonds. The van der Waals surface area contributed by atoms with Crippen LogP contribution in [0.4, 0.5) is 0 Å². The van der Waals surface area contributed by atoms with E-state index >= 15 is 0 Å². The number of nitrogens with one attached hydrogen (secondary N) is 3. The van der Waals surface area contributed by atoms with Gasteiger partial charge in [-0.05, 0) is 25.0 Å². The van der Waals surface area contributed by atoms with Gasteiger partial charge in [-0.2, -0.15) is 0 Å². The molecule has 1 aromatic heterocycles. The van der Waals surface area contributed by atoms with Gasteiger partial charge in [-0.25, -0.2) is 4.99 Å². The zero-order valence-corrected chi connectivity index (χ0v) is 16.8. The summed E-state index contributed by atoms with van der Waals surface area (Å²) in [4.78, 5) is 20.7. The summed E-state index contributed by atoms with van der Waals surface area (Å²) in [5.41, 5.74) is 2.42. The van der Waals surface area contributed by atoms with E-state index in [9.17, 15) is 4.79 Å². The number of carbonyl (C=O) groups excluding carboxylic acids is 1. The molecule has 1 aromatic carbocycles. The highest BCUT2D eigenvalue weighted by Gasteiger charge is 2.05. The first-order valence-electron chi connectivity index (χ1n) is 7.89. The van der Waals surface area contributed by atoms with Crippen LogP contribution in [0.5, 0.6) is 0 Å². The molecule has 24 heavy (non-hydrogen) atoms. The zero-order valence-electron chi connectivity index (χ0n) is 14.4. The molecular weight excluding hydrogens is 417 g/mol. The van der Waals surface area contributed by atoms with E-state index in [-0.39, 0.29) is 36.4 Å². The number of amides is 1. The maximum Gasteiger partial charge on any atom is 0.243 e. The Morgan fingerprint density at radius 3 is 2.71 bits per heavy atom. The number of aromatic amines is 1. The number of H-pyrrole nitrogens is 1. The van der Waals surface area contributed by atoms with E-state index < -0.39 is 0 Å². The van der Waals surface area contributed by atoms with Gasteiger partial charge in [-0.1, -0.05) is 18.2 Å². The van der Waals surface area contributed by atoms with Crippen LogP contribution in [0.25, 0.3) is 10.9 Å². The Balaban J connectivity index is 0.00000288. The number of likely N-dealkylation sites (N-methyl/N-ethyl adjacent to an activating group) is 1. The number of aliphatic imine (C=N–C) groups is 1. The third-order valence-corrected chi connectivity index (χ3v) is 3.58. The Bertz CT molecular complexity index is 680. The van der Waals surface area contributed by atoms with E-state index in [2.05, 4.69) is 32.7 Å². The van der Waals surface area contributed by atoms with Gasteiger partial charge in [-0.15, -0.1) is 24.0 Å². The molecule has 0 aliphatic rings. The van der Waals surface area contributed by atoms with E-state index in [1.165, 1.54) is 10.9 Å². The number of carbonyl (C=O) groups is 1. The summed E-state index contributed by atoms with van der Waals surface area (Å²) < 4.78 is 0. The number of hydrogen-bond donors (Lipinski definition) is 3. The van der Waals surface area contributed by atoms with E-state index in [0.29, 0.717) is 5.96 Å². The molecule has 0 bridgehead atoms. The third kappa shape index (κ3) is 5.70. The molecular formula is C17H26IN5O. The number of para-hydroxylation sites is 1. The van der Waals surface area contributed by atoms with Crippen molar-refractivity contribution in [1.29, 1.82) is 0 Å². The van der Waals surface area contributed by atoms with Crippen LogP contribution >= 0.6 is 24.0 Å². The average molecular weight is 443 g/mol. The minimum atomic E-state index is -0.0150. The monoisotopic (exact) mass is 443 g/mol. The van der Waals surface area contributed by atoms with Crippen molar-refractivity contribution in [1.82, 2.24) is 20.5 Å². The average Bonchev–Trinajstić information content (AvgIpc) is 2.95. The lowest BCUT2D eigenvalue weighted by Gasteiger charge is -2.12. The Labute approximate surface area is 160 Å². The summed E-state index contributed by atoms with van der Waals surface area (Å²) in [5, 5.41) is 7.68. The molecule has 1 heterocycles. The van der Waals surface area contributed by atoms with Crippen molar-refractivity contribution >= 4 is 46.7 Å². The fourth-order valence-corrected chi connectivity index (χ4v) is 2.28. The SMILES string of the molecule is CCNC(=NCC(=O)N(C)C)NCCc1c[nH]c2ccccc12.I. The molecule has 132 valence electrons. The molecule has 6 nitrogen and oxygen atoms in total. The van der Waals surface area contributed by atoms with Crippen molar-refractivity contribution in [2.24, 2.45) is 4.99 Å². The van der Waals surface area contributed by atoms with Crippen molar-refractivity contribution in [3.63, 3.8) is 0 Å². The van der Waals surface area contributed by atoms with Crippen molar-refractivity contribution in [2.45, 2.75) is 13.3 Å². The van der Waals surface area contributed by atoms with Crippen molar-refractivity contribution in [2.75, 3.05) is 33.7 Å². The summed E-state index contributed by atoms with van der Waals surface area (Å²) >= 11 is 0. The molecule has 0 saturated carbocycles. The number of fused-ring (bicyclic) bond motifs is 1. The Morgan fingerprint density at radius 2 is 2.00 bits per heavy atom. The lowest BCUT2D eigenvalue weighted by molar-refractivity contribution is -0.127. The number of guanidine groups is 1. The summed E-state index contributed by atoms with van der Waals surface area (Å²) in [7, 11) is 3.46. The molecule has 2 rings (SSSR count). The third-order valence-electron chi connectivity index (χ3n) is 3.58. The summed E-state index contributed by atoms with van der Waals surface area (Å²) in [6.07, 6.45) is 2.93. The van der Waals surface area contributed by atoms with Crippen LogP contribution in [-0.4, -0.2) is 55.5 Å². The number of hydrogen-bond acceptors (Lipinski definition) is 2. The molecule has 0 atom stereocenters. The number of rotatable bonds is 6. The van der Waals surface area contributed by atoms with Gasteiger partial charge in [0.15, 0.2) is 5.96 Å². The van der Waals surface area contributed by atoms with Crippen LogP contribution in [0.3, 0.4) is 0 Å². The van der Waals surface area contributed by atoms with Crippen LogP contribution in [0, 0.1) is 0 Å². The van der Waals surface area contributed by atoms with Gasteiger partial charge >= 0.3 is 0 Å².